The highest BCUT2D eigenvalue weighted by Crippen LogP contribution is 2.22. The number of ether oxygens (including phenoxy) is 2. The number of amides is 15. The molecule has 16 unspecified atom stereocenters. The highest BCUT2D eigenvalue weighted by Gasteiger charge is 2.44. The fourth-order valence-electron chi connectivity index (χ4n) is 12.1. The van der Waals surface area contributed by atoms with Crippen LogP contribution in [-0.2, 0) is 112 Å². The van der Waals surface area contributed by atoms with E-state index in [1.807, 2.05) is 10.6 Å². The van der Waals surface area contributed by atoms with Gasteiger partial charge in [0.2, 0.25) is 88.6 Å². The van der Waals surface area contributed by atoms with Gasteiger partial charge in [-0.2, -0.15) is 0 Å². The Labute approximate surface area is 672 Å². The number of para-hydroxylation sites is 1. The third kappa shape index (κ3) is 33.4. The van der Waals surface area contributed by atoms with E-state index in [2.05, 4.69) is 72.0 Å². The van der Waals surface area contributed by atoms with Crippen molar-refractivity contribution in [3.05, 3.63) is 36.0 Å². The van der Waals surface area contributed by atoms with E-state index in [0.29, 0.717) is 40.1 Å². The summed E-state index contributed by atoms with van der Waals surface area (Å²) in [5, 5.41) is 78.2. The van der Waals surface area contributed by atoms with Gasteiger partial charge >= 0.3 is 29.8 Å². The maximum Gasteiger partial charge on any atom is 0.335 e. The number of aromatic amines is 1. The molecule has 44 nitrogen and oxygen atoms in total. The summed E-state index contributed by atoms with van der Waals surface area (Å²) in [4.78, 5) is 278. The average Bonchev–Trinajstić information content (AvgIpc) is 1.55. The van der Waals surface area contributed by atoms with Gasteiger partial charge in [-0.15, -0.1) is 0 Å². The predicted molar refractivity (Wildman–Crippen MR) is 408 cm³/mol. The fraction of sp³-hybridized carbons (Fsp3) is 0.616. The van der Waals surface area contributed by atoms with Crippen LogP contribution in [0.4, 0.5) is 0 Å². The molecule has 0 radical (unpaired) electrons. The summed E-state index contributed by atoms with van der Waals surface area (Å²) in [5.74, 6) is -30.6. The van der Waals surface area contributed by atoms with Crippen molar-refractivity contribution in [2.45, 2.75) is 236 Å². The number of carboxylic acid groups (broad SMARTS) is 4. The second kappa shape index (κ2) is 49.1. The molecule has 2 heterocycles. The lowest BCUT2D eigenvalue weighted by Gasteiger charge is -2.32. The molecule has 0 spiro atoms. The summed E-state index contributed by atoms with van der Waals surface area (Å²) in [6.45, 7) is 7.54. The minimum absolute atomic E-state index is 0.00421. The Balaban J connectivity index is 2.28. The third-order valence-electron chi connectivity index (χ3n) is 18.9. The van der Waals surface area contributed by atoms with Crippen molar-refractivity contribution in [3.63, 3.8) is 0 Å². The predicted octanol–water partition coefficient (Wildman–Crippen LogP) is -5.97. The van der Waals surface area contributed by atoms with Crippen LogP contribution < -0.4 is 81.0 Å². The van der Waals surface area contributed by atoms with Crippen LogP contribution in [0.15, 0.2) is 30.5 Å². The maximum absolute atomic E-state index is 15.0. The molecule has 24 N–H and O–H groups in total. The number of aliphatic carboxylic acids is 4. The quantitative estimate of drug-likeness (QED) is 0.0221. The second-order valence-corrected chi connectivity index (χ2v) is 28.9. The number of aliphatic hydroxyl groups is 1. The zero-order valence-electron chi connectivity index (χ0n) is 66.5. The lowest BCUT2D eigenvalue weighted by Crippen LogP contribution is -2.64. The Bertz CT molecular complexity index is 3890. The second-order valence-electron chi connectivity index (χ2n) is 28.9. The number of aliphatic hydroxyl groups excluding tert-OH is 1. The number of aromatic nitrogens is 1. The zero-order valence-corrected chi connectivity index (χ0v) is 66.5. The molecule has 117 heavy (non-hydrogen) atoms. The molecule has 1 saturated heterocycles. The summed E-state index contributed by atoms with van der Waals surface area (Å²) in [6, 6.07) is -15.8. The number of likely N-dealkylation sites (N-methyl/N-ethyl adjacent to an activating group) is 1. The molecule has 15 amide bonds. The standard InChI is InChI=1S/C73H111N17O27/c1-10-35(4)19-13-11-12-14-23-48(92)80-44(28-39-31-77-41-21-16-15-20-40(39)41)65(106)83-43(24-25-51(95)96)64(105)88-57(59(101)61(76)102)70(111)87-56-38(7)117-73(115)54(34(2)3)85-69(110)55(36(5)27-52(97)98)86-67(108)45(29-47(75)91)81-49(93)32-78-68(109)58(60(116-9)72(113)114)89-63(104)42(22-17-18-26-74)82-66(107)46(30-53(99)100)84-62(103)37(6)79-50(94)33-90(8)71(56)112/h15-16,20-21,31,34-38,42-46,54-60,77,101H,10-14,17-19,22-30,32-33,74H2,1-9H3,(H2,75,91)(H2,76,102)(H,78,109)(H,79,94)(H,80,92)(H,81,93)(H,82,107)(H,83,106)(H,84,103)(H,85,110)(H,86,108)(H,87,111)(H,88,105)(H,89,104)(H,95,96)(H,97,98)(H,99,100)(H,113,114). The minimum atomic E-state index is -2.80. The number of nitrogens with zero attached hydrogens (tertiary/aromatic N) is 1. The Kier molecular flexibility index (Phi) is 41.6. The van der Waals surface area contributed by atoms with E-state index in [0.717, 1.165) is 60.6 Å². The molecule has 44 heteroatoms. The molecule has 0 bridgehead atoms. The summed E-state index contributed by atoms with van der Waals surface area (Å²) < 4.78 is 10.7. The van der Waals surface area contributed by atoms with Gasteiger partial charge in [-0.05, 0) is 81.9 Å². The number of unbranched alkanes of at least 4 members (excludes halogenated alkanes) is 4. The Morgan fingerprint density at radius 3 is 1.84 bits per heavy atom. The summed E-state index contributed by atoms with van der Waals surface area (Å²) in [5.41, 5.74) is 17.8. The van der Waals surface area contributed by atoms with Crippen LogP contribution in [0.3, 0.4) is 0 Å². The van der Waals surface area contributed by atoms with E-state index in [4.69, 9.17) is 26.7 Å². The maximum atomic E-state index is 15.0. The minimum Gasteiger partial charge on any atom is -0.481 e. The number of cyclic esters (lactones) is 1. The summed E-state index contributed by atoms with van der Waals surface area (Å²) in [6.07, 6.45) is -6.11. The molecule has 650 valence electrons. The van der Waals surface area contributed by atoms with Gasteiger partial charge in [0.05, 0.1) is 32.4 Å². The Morgan fingerprint density at radius 1 is 0.632 bits per heavy atom. The third-order valence-corrected chi connectivity index (χ3v) is 18.9. The number of nitrogens with two attached hydrogens (primary N) is 3. The van der Waals surface area contributed by atoms with Crippen molar-refractivity contribution >= 4 is 129 Å². The molecule has 0 aliphatic carbocycles. The number of carbonyl (C=O) groups is 20. The molecule has 1 aliphatic heterocycles. The van der Waals surface area contributed by atoms with Crippen LogP contribution in [0.1, 0.15) is 150 Å². The van der Waals surface area contributed by atoms with Gasteiger partial charge in [0.1, 0.15) is 72.6 Å². The van der Waals surface area contributed by atoms with Gasteiger partial charge in [-0.3, -0.25) is 86.3 Å². The van der Waals surface area contributed by atoms with Gasteiger partial charge < -0.3 is 126 Å². The lowest BCUT2D eigenvalue weighted by atomic mass is 9.95. The number of carboxylic acids is 4. The smallest absolute Gasteiger partial charge is 0.335 e. The molecule has 16 atom stereocenters. The molecule has 1 aromatic heterocycles. The van der Waals surface area contributed by atoms with Crippen molar-refractivity contribution in [2.24, 2.45) is 35.0 Å². The van der Waals surface area contributed by atoms with Gasteiger partial charge in [0, 0.05) is 50.5 Å². The van der Waals surface area contributed by atoms with Crippen molar-refractivity contribution in [1.29, 1.82) is 0 Å². The number of primary amides is 2. The van der Waals surface area contributed by atoms with Gasteiger partial charge in [0.15, 0.2) is 12.2 Å². The summed E-state index contributed by atoms with van der Waals surface area (Å²) in [7, 11) is 1.69. The van der Waals surface area contributed by atoms with Gasteiger partial charge in [-0.25, -0.2) is 9.59 Å². The van der Waals surface area contributed by atoms with Crippen molar-refractivity contribution in [1.82, 2.24) is 73.7 Å². The van der Waals surface area contributed by atoms with Crippen LogP contribution >= 0.6 is 0 Å². The zero-order chi connectivity index (χ0) is 88.2. The van der Waals surface area contributed by atoms with Gasteiger partial charge in [0.25, 0.3) is 0 Å². The molecule has 1 aromatic carbocycles. The summed E-state index contributed by atoms with van der Waals surface area (Å²) >= 11 is 0. The average molecular weight is 1660 g/mol. The van der Waals surface area contributed by atoms with Crippen LogP contribution in [0.2, 0.25) is 0 Å². The highest BCUT2D eigenvalue weighted by molar-refractivity contribution is 6.03. The first-order valence-corrected chi connectivity index (χ1v) is 37.9. The normalized spacial score (nSPS) is 22.1. The first kappa shape index (κ1) is 99.2. The number of hydrogen-bond acceptors (Lipinski definition) is 24. The van der Waals surface area contributed by atoms with Crippen molar-refractivity contribution < 1.29 is 131 Å². The van der Waals surface area contributed by atoms with Crippen molar-refractivity contribution in [3.8, 4) is 0 Å². The molecule has 1 aliphatic rings. The number of fused-ring (bicyclic) bond motifs is 1. The lowest BCUT2D eigenvalue weighted by molar-refractivity contribution is -0.159. The molecule has 0 saturated carbocycles. The molecule has 1 fully saturated rings. The number of methoxy groups -OCH3 is 1. The largest absolute Gasteiger partial charge is 0.481 e. The number of hydrogen-bond donors (Lipinski definition) is 21. The number of carbonyl (C=O) groups excluding carboxylic acids is 16. The number of benzene rings is 1. The monoisotopic (exact) mass is 1660 g/mol. The van der Waals surface area contributed by atoms with Crippen LogP contribution in [0, 0.1) is 17.8 Å². The van der Waals surface area contributed by atoms with Crippen molar-refractivity contribution in [2.75, 3.05) is 33.8 Å². The van der Waals surface area contributed by atoms with Crippen LogP contribution in [0.5, 0.6) is 0 Å². The fourth-order valence-corrected chi connectivity index (χ4v) is 12.1. The van der Waals surface area contributed by atoms with Crippen LogP contribution in [0.25, 0.3) is 10.9 Å². The van der Waals surface area contributed by atoms with Gasteiger partial charge in [-0.1, -0.05) is 84.9 Å². The molecule has 3 rings (SSSR count). The Morgan fingerprint density at radius 2 is 1.24 bits per heavy atom. The topological polar surface area (TPSA) is 702 Å². The first-order valence-electron chi connectivity index (χ1n) is 37.9. The van der Waals surface area contributed by atoms with E-state index in [1.165, 1.54) is 13.8 Å². The number of H-pyrrole nitrogens is 1. The SMILES string of the molecule is CCC(C)CCCCCCC(=O)NC(Cc1c[nH]c2ccccc12)C(=O)NC(CCC(=O)O)C(=O)NC(C(=O)NC1C(=O)N(C)CC(=O)NC(C)C(=O)NC(CC(=O)O)C(=O)NC(CCCCN)C(=O)NC(C(OC)C(=O)O)C(=O)NCC(=O)NC(CC(N)=O)C(=O)NC(C(C)CC(=O)O)C(=O)NC(C(C)C)C(=O)OC1C)C(O)C(N)=O. The number of rotatable bonds is 37. The Hall–Kier alpha value is -12.0. The molecular weight excluding hydrogens is 1550 g/mol. The van der Waals surface area contributed by atoms with E-state index >= 15 is 0 Å². The highest BCUT2D eigenvalue weighted by atomic mass is 16.5. The first-order chi connectivity index (χ1) is 54.9. The van der Waals surface area contributed by atoms with Crippen LogP contribution in [-0.4, -0.2) is 272 Å². The van der Waals surface area contributed by atoms with E-state index < -0.39 is 260 Å². The molecule has 2 aromatic rings. The van der Waals surface area contributed by atoms with E-state index in [1.54, 1.807) is 30.5 Å². The number of esters is 1. The number of nitrogens with one attached hydrogen (secondary N) is 13. The van der Waals surface area contributed by atoms with E-state index in [9.17, 15) is 121 Å². The van der Waals surface area contributed by atoms with E-state index in [-0.39, 0.29) is 38.6 Å². The molecular formula is C73H111N17O27.